The molecule has 3 aromatic rings. The van der Waals surface area contributed by atoms with E-state index < -0.39 is 15.5 Å². The Labute approximate surface area is 131 Å². The number of aromatic nitrogens is 2. The van der Waals surface area contributed by atoms with Crippen molar-refractivity contribution in [2.45, 2.75) is 0 Å². The second-order valence-corrected chi connectivity index (χ2v) is 5.65. The van der Waals surface area contributed by atoms with Crippen LogP contribution in [0.25, 0.3) is 21.5 Å². The van der Waals surface area contributed by atoms with Gasteiger partial charge in [-0.25, -0.2) is 4.79 Å². The SMILES string of the molecule is Cn1c(=O)nc(-c2ccccc2[N+](=O)[O-])c2cc([N+](=O)[O-])sc21. The van der Waals surface area contributed by atoms with Gasteiger partial charge in [0, 0.05) is 24.6 Å². The fourth-order valence-electron chi connectivity index (χ4n) is 2.23. The van der Waals surface area contributed by atoms with Crippen molar-refractivity contribution in [1.29, 1.82) is 0 Å². The third-order valence-corrected chi connectivity index (χ3v) is 4.45. The summed E-state index contributed by atoms with van der Waals surface area (Å²) in [5, 5.41) is 22.3. The van der Waals surface area contributed by atoms with Gasteiger partial charge in [-0.3, -0.25) is 24.8 Å². The first kappa shape index (κ1) is 14.8. The van der Waals surface area contributed by atoms with E-state index in [1.807, 2.05) is 0 Å². The maximum atomic E-state index is 12.0. The van der Waals surface area contributed by atoms with E-state index in [-0.39, 0.29) is 21.9 Å². The Bertz CT molecular complexity index is 1020. The van der Waals surface area contributed by atoms with Crippen LogP contribution in [-0.4, -0.2) is 19.4 Å². The van der Waals surface area contributed by atoms with Gasteiger partial charge in [0.15, 0.2) is 0 Å². The first-order chi connectivity index (χ1) is 10.9. The van der Waals surface area contributed by atoms with Crippen LogP contribution in [0, 0.1) is 20.2 Å². The number of nitro benzene ring substituents is 1. The van der Waals surface area contributed by atoms with E-state index in [1.165, 1.54) is 35.9 Å². The highest BCUT2D eigenvalue weighted by atomic mass is 32.1. The second kappa shape index (κ2) is 5.25. The van der Waals surface area contributed by atoms with Crippen LogP contribution in [0.3, 0.4) is 0 Å². The van der Waals surface area contributed by atoms with Crippen LogP contribution in [-0.2, 0) is 7.05 Å². The highest BCUT2D eigenvalue weighted by molar-refractivity contribution is 7.21. The standard InChI is InChI=1S/C13H8N4O5S/c1-15-12-8(6-10(23-12)17(21)22)11(14-13(15)18)7-4-2-3-5-9(7)16(19)20/h2-6H,1H3. The molecule has 10 heteroatoms. The maximum Gasteiger partial charge on any atom is 0.348 e. The lowest BCUT2D eigenvalue weighted by atomic mass is 10.1. The van der Waals surface area contributed by atoms with E-state index in [9.17, 15) is 25.0 Å². The van der Waals surface area contributed by atoms with Crippen molar-refractivity contribution in [1.82, 2.24) is 9.55 Å². The van der Waals surface area contributed by atoms with Crippen molar-refractivity contribution in [2.75, 3.05) is 0 Å². The zero-order valence-corrected chi connectivity index (χ0v) is 12.4. The number of hydrogen-bond acceptors (Lipinski definition) is 7. The lowest BCUT2D eigenvalue weighted by Crippen LogP contribution is -2.20. The molecule has 0 unspecified atom stereocenters. The Morgan fingerprint density at radius 3 is 2.52 bits per heavy atom. The molecule has 23 heavy (non-hydrogen) atoms. The predicted octanol–water partition coefficient (Wildman–Crippen LogP) is 2.48. The van der Waals surface area contributed by atoms with Gasteiger partial charge in [0.05, 0.1) is 21.1 Å². The Kier molecular flexibility index (Phi) is 3.37. The van der Waals surface area contributed by atoms with Crippen molar-refractivity contribution in [3.05, 3.63) is 61.0 Å². The number of rotatable bonds is 3. The van der Waals surface area contributed by atoms with Crippen molar-refractivity contribution in [3.63, 3.8) is 0 Å². The van der Waals surface area contributed by atoms with Gasteiger partial charge in [-0.1, -0.05) is 12.1 Å². The molecule has 0 aliphatic rings. The summed E-state index contributed by atoms with van der Waals surface area (Å²) in [4.78, 5) is 37.2. The Hall–Kier alpha value is -3.14. The number of benzene rings is 1. The van der Waals surface area contributed by atoms with E-state index in [2.05, 4.69) is 4.98 Å². The maximum absolute atomic E-state index is 12.0. The normalized spacial score (nSPS) is 10.8. The molecule has 0 saturated heterocycles. The number of nitrogens with zero attached hydrogens (tertiary/aromatic N) is 4. The fraction of sp³-hybridized carbons (Fsp3) is 0.0769. The number of thiophene rings is 1. The molecule has 2 heterocycles. The van der Waals surface area contributed by atoms with E-state index in [1.54, 1.807) is 6.07 Å². The topological polar surface area (TPSA) is 121 Å². The minimum Gasteiger partial charge on any atom is -0.286 e. The minimum absolute atomic E-state index is 0.0692. The molecule has 0 aliphatic heterocycles. The molecular weight excluding hydrogens is 324 g/mol. The van der Waals surface area contributed by atoms with E-state index >= 15 is 0 Å². The van der Waals surface area contributed by atoms with Gasteiger partial charge in [0.1, 0.15) is 4.83 Å². The molecule has 0 aliphatic carbocycles. The Morgan fingerprint density at radius 2 is 1.87 bits per heavy atom. The van der Waals surface area contributed by atoms with Gasteiger partial charge in [-0.2, -0.15) is 4.98 Å². The second-order valence-electron chi connectivity index (χ2n) is 4.64. The fourth-order valence-corrected chi connectivity index (χ4v) is 3.16. The number of aryl methyl sites for hydroxylation is 1. The summed E-state index contributed by atoms with van der Waals surface area (Å²) in [6.45, 7) is 0. The smallest absolute Gasteiger partial charge is 0.286 e. The first-order valence-electron chi connectivity index (χ1n) is 6.29. The largest absolute Gasteiger partial charge is 0.348 e. The van der Waals surface area contributed by atoms with Gasteiger partial charge >= 0.3 is 10.7 Å². The molecule has 0 atom stereocenters. The third-order valence-electron chi connectivity index (χ3n) is 3.29. The summed E-state index contributed by atoms with van der Waals surface area (Å²) < 4.78 is 1.19. The first-order valence-corrected chi connectivity index (χ1v) is 7.10. The molecule has 0 spiro atoms. The molecule has 3 rings (SSSR count). The molecule has 0 saturated carbocycles. The van der Waals surface area contributed by atoms with Gasteiger partial charge in [-0.15, -0.1) is 0 Å². The highest BCUT2D eigenvalue weighted by Crippen LogP contribution is 2.37. The number of nitro groups is 2. The van der Waals surface area contributed by atoms with Crippen LogP contribution >= 0.6 is 11.3 Å². The van der Waals surface area contributed by atoms with Crippen molar-refractivity contribution >= 4 is 32.2 Å². The molecule has 116 valence electrons. The van der Waals surface area contributed by atoms with Crippen LogP contribution in [0.1, 0.15) is 0 Å². The molecule has 0 amide bonds. The molecule has 0 N–H and O–H groups in total. The molecule has 0 radical (unpaired) electrons. The van der Waals surface area contributed by atoms with Crippen molar-refractivity contribution in [3.8, 4) is 11.3 Å². The molecule has 9 nitrogen and oxygen atoms in total. The highest BCUT2D eigenvalue weighted by Gasteiger charge is 2.23. The molecule has 0 bridgehead atoms. The summed E-state index contributed by atoms with van der Waals surface area (Å²) in [6, 6.07) is 7.10. The van der Waals surface area contributed by atoms with E-state index in [0.29, 0.717) is 10.2 Å². The lowest BCUT2D eigenvalue weighted by Gasteiger charge is -2.05. The van der Waals surface area contributed by atoms with Crippen LogP contribution in [0.15, 0.2) is 35.1 Å². The summed E-state index contributed by atoms with van der Waals surface area (Å²) in [7, 11) is 1.45. The molecule has 0 fully saturated rings. The molecule has 1 aromatic carbocycles. The van der Waals surface area contributed by atoms with Gasteiger partial charge in [-0.05, 0) is 17.4 Å². The lowest BCUT2D eigenvalue weighted by molar-refractivity contribution is -0.384. The van der Waals surface area contributed by atoms with E-state index in [4.69, 9.17) is 0 Å². The monoisotopic (exact) mass is 332 g/mol. The van der Waals surface area contributed by atoms with Crippen molar-refractivity contribution < 1.29 is 9.85 Å². The quantitative estimate of drug-likeness (QED) is 0.536. The van der Waals surface area contributed by atoms with Gasteiger partial charge < -0.3 is 0 Å². The zero-order valence-electron chi connectivity index (χ0n) is 11.6. The molecular formula is C13H8N4O5S. The summed E-state index contributed by atoms with van der Waals surface area (Å²) in [6.07, 6.45) is 0. The summed E-state index contributed by atoms with van der Waals surface area (Å²) >= 11 is 0.823. The number of fused-ring (bicyclic) bond motifs is 1. The van der Waals surface area contributed by atoms with Crippen molar-refractivity contribution in [2.24, 2.45) is 7.05 Å². The Morgan fingerprint density at radius 1 is 1.17 bits per heavy atom. The number of hydrogen-bond donors (Lipinski definition) is 0. The Balaban J connectivity index is 2.43. The predicted molar refractivity (Wildman–Crippen MR) is 83.6 cm³/mol. The minimum atomic E-state index is -0.637. The van der Waals surface area contributed by atoms with Crippen LogP contribution < -0.4 is 5.69 Å². The summed E-state index contributed by atoms with van der Waals surface area (Å²) in [5.74, 6) is 0. The van der Waals surface area contributed by atoms with Crippen LogP contribution in [0.4, 0.5) is 10.7 Å². The summed E-state index contributed by atoms with van der Waals surface area (Å²) in [5.41, 5.74) is -0.640. The van der Waals surface area contributed by atoms with Crippen LogP contribution in [0.5, 0.6) is 0 Å². The molecule has 2 aromatic heterocycles. The van der Waals surface area contributed by atoms with E-state index in [0.717, 1.165) is 11.3 Å². The zero-order chi connectivity index (χ0) is 16.7. The van der Waals surface area contributed by atoms with Gasteiger partial charge in [0.2, 0.25) is 0 Å². The van der Waals surface area contributed by atoms with Gasteiger partial charge in [0.25, 0.3) is 5.69 Å². The van der Waals surface area contributed by atoms with Crippen LogP contribution in [0.2, 0.25) is 0 Å². The average molecular weight is 332 g/mol. The third kappa shape index (κ3) is 2.34. The average Bonchev–Trinajstić information content (AvgIpc) is 2.96. The number of para-hydroxylation sites is 1.